The number of carbonyl (C=O) groups excluding carboxylic acids is 3. The van der Waals surface area contributed by atoms with Crippen LogP contribution in [0.3, 0.4) is 0 Å². The van der Waals surface area contributed by atoms with Crippen molar-refractivity contribution < 1.29 is 29.0 Å². The highest BCUT2D eigenvalue weighted by Crippen LogP contribution is 2.45. The Labute approximate surface area is 239 Å². The number of hydrogen-bond donors (Lipinski definition) is 1. The number of aliphatic hydroxyl groups is 1. The Hall–Kier alpha value is -3.40. The van der Waals surface area contributed by atoms with Crippen LogP contribution in [0.25, 0.3) is 5.76 Å². The van der Waals surface area contributed by atoms with Gasteiger partial charge in [0.2, 0.25) is 0 Å². The van der Waals surface area contributed by atoms with Crippen LogP contribution in [0.2, 0.25) is 10.0 Å². The molecule has 0 bridgehead atoms. The second-order valence-corrected chi connectivity index (χ2v) is 10.5. The Morgan fingerprint density at radius 1 is 1.13 bits per heavy atom. The van der Waals surface area contributed by atoms with Crippen molar-refractivity contribution in [2.24, 2.45) is 0 Å². The third-order valence-electron chi connectivity index (χ3n) is 6.03. The molecule has 1 unspecified atom stereocenters. The Morgan fingerprint density at radius 3 is 2.59 bits per heavy atom. The maximum absolute atomic E-state index is 13.4. The van der Waals surface area contributed by atoms with Crippen LogP contribution in [0.15, 0.2) is 48.0 Å². The van der Waals surface area contributed by atoms with E-state index in [-0.39, 0.29) is 38.0 Å². The molecular weight excluding hydrogens is 563 g/mol. The van der Waals surface area contributed by atoms with Gasteiger partial charge in [-0.05, 0) is 50.1 Å². The quantitative estimate of drug-likeness (QED) is 0.0969. The van der Waals surface area contributed by atoms with Crippen molar-refractivity contribution in [3.05, 3.63) is 79.8 Å². The summed E-state index contributed by atoms with van der Waals surface area (Å²) >= 11 is 13.4. The molecule has 8 nitrogen and oxygen atoms in total. The highest BCUT2D eigenvalue weighted by Gasteiger charge is 2.48. The second-order valence-electron chi connectivity index (χ2n) is 8.70. The number of amides is 1. The molecule has 1 amide bonds. The number of rotatable bonds is 9. The zero-order valence-corrected chi connectivity index (χ0v) is 23.8. The largest absolute Gasteiger partial charge is 0.507 e. The number of nitrogens with zero attached hydrogens (tertiary/aromatic N) is 2. The summed E-state index contributed by atoms with van der Waals surface area (Å²) in [5.41, 5.74) is 0.912. The highest BCUT2D eigenvalue weighted by atomic mass is 35.5. The van der Waals surface area contributed by atoms with Crippen LogP contribution in [0, 0.1) is 6.92 Å². The number of unbranched alkanes of at least 4 members (excludes halogenated alkanes) is 1. The van der Waals surface area contributed by atoms with Gasteiger partial charge in [-0.2, -0.15) is 0 Å². The zero-order chi connectivity index (χ0) is 28.3. The number of thiazole rings is 1. The number of aliphatic hydroxyl groups excluding tert-OH is 1. The van der Waals surface area contributed by atoms with E-state index < -0.39 is 23.7 Å². The first-order chi connectivity index (χ1) is 18.7. The molecule has 1 aromatic heterocycles. The van der Waals surface area contributed by atoms with Crippen LogP contribution in [0.4, 0.5) is 5.13 Å². The number of anilines is 1. The van der Waals surface area contributed by atoms with E-state index in [1.807, 2.05) is 6.92 Å². The van der Waals surface area contributed by atoms with E-state index >= 15 is 0 Å². The van der Waals surface area contributed by atoms with E-state index in [9.17, 15) is 19.5 Å². The van der Waals surface area contributed by atoms with Crippen LogP contribution in [0.1, 0.15) is 59.2 Å². The summed E-state index contributed by atoms with van der Waals surface area (Å²) in [5, 5.41) is 12.0. The van der Waals surface area contributed by atoms with Crippen molar-refractivity contribution in [1.82, 2.24) is 4.98 Å². The van der Waals surface area contributed by atoms with E-state index in [2.05, 4.69) is 4.98 Å². The van der Waals surface area contributed by atoms with Gasteiger partial charge < -0.3 is 14.6 Å². The molecule has 3 aromatic rings. The van der Waals surface area contributed by atoms with Crippen molar-refractivity contribution in [3.8, 4) is 5.75 Å². The molecule has 1 aliphatic heterocycles. The van der Waals surface area contributed by atoms with E-state index in [1.165, 1.54) is 6.07 Å². The maximum Gasteiger partial charge on any atom is 0.350 e. The lowest BCUT2D eigenvalue weighted by Gasteiger charge is -2.23. The van der Waals surface area contributed by atoms with Crippen LogP contribution in [0.5, 0.6) is 5.75 Å². The highest BCUT2D eigenvalue weighted by molar-refractivity contribution is 7.17. The monoisotopic (exact) mass is 588 g/mol. The van der Waals surface area contributed by atoms with Crippen molar-refractivity contribution in [2.45, 2.75) is 39.7 Å². The summed E-state index contributed by atoms with van der Waals surface area (Å²) in [6, 6.07) is 10.3. The smallest absolute Gasteiger partial charge is 0.350 e. The Balaban J connectivity index is 1.87. The van der Waals surface area contributed by atoms with E-state index in [0.29, 0.717) is 29.2 Å². The molecule has 1 fully saturated rings. The summed E-state index contributed by atoms with van der Waals surface area (Å²) in [5.74, 6) is -2.27. The minimum absolute atomic E-state index is 0.101. The number of ketones is 1. The zero-order valence-electron chi connectivity index (χ0n) is 21.5. The average Bonchev–Trinajstić information content (AvgIpc) is 3.42. The maximum atomic E-state index is 13.4. The van der Waals surface area contributed by atoms with Crippen molar-refractivity contribution in [2.75, 3.05) is 18.1 Å². The summed E-state index contributed by atoms with van der Waals surface area (Å²) in [4.78, 5) is 45.1. The molecule has 0 spiro atoms. The van der Waals surface area contributed by atoms with Crippen molar-refractivity contribution in [3.63, 3.8) is 0 Å². The fourth-order valence-corrected chi connectivity index (χ4v) is 5.42. The number of ether oxygens (including phenoxy) is 2. The molecule has 4 rings (SSSR count). The molecule has 0 saturated carbocycles. The molecular formula is C28H26Cl2N2O6S. The van der Waals surface area contributed by atoms with Gasteiger partial charge in [0.05, 0.1) is 40.6 Å². The first kappa shape index (κ1) is 28.6. The molecule has 1 saturated heterocycles. The molecule has 0 aliphatic carbocycles. The van der Waals surface area contributed by atoms with Gasteiger partial charge in [-0.15, -0.1) is 0 Å². The molecule has 39 heavy (non-hydrogen) atoms. The second kappa shape index (κ2) is 12.2. The topological polar surface area (TPSA) is 106 Å². The number of Topliss-reactive ketones (excluding diaryl/α,β-unsaturated/α-hetero) is 1. The van der Waals surface area contributed by atoms with E-state index in [4.69, 9.17) is 32.7 Å². The van der Waals surface area contributed by atoms with Gasteiger partial charge in [0, 0.05) is 5.56 Å². The first-order valence-corrected chi connectivity index (χ1v) is 13.9. The van der Waals surface area contributed by atoms with Crippen molar-refractivity contribution >= 4 is 63.1 Å². The third kappa shape index (κ3) is 5.80. The fraction of sp³-hybridized carbons (Fsp3) is 0.286. The molecule has 2 aromatic carbocycles. The molecule has 2 heterocycles. The van der Waals surface area contributed by atoms with Crippen LogP contribution in [-0.4, -0.2) is 41.0 Å². The lowest BCUT2D eigenvalue weighted by Crippen LogP contribution is -2.29. The summed E-state index contributed by atoms with van der Waals surface area (Å²) in [6.45, 7) is 6.01. The molecule has 11 heteroatoms. The van der Waals surface area contributed by atoms with Gasteiger partial charge in [-0.1, -0.05) is 66.1 Å². The number of esters is 1. The third-order valence-corrected chi connectivity index (χ3v) is 7.91. The minimum atomic E-state index is -1.09. The number of hydrogen-bond acceptors (Lipinski definition) is 8. The lowest BCUT2D eigenvalue weighted by atomic mass is 9.95. The minimum Gasteiger partial charge on any atom is -0.507 e. The predicted molar refractivity (Wildman–Crippen MR) is 151 cm³/mol. The summed E-state index contributed by atoms with van der Waals surface area (Å²) < 4.78 is 10.9. The Morgan fingerprint density at radius 2 is 1.90 bits per heavy atom. The Bertz CT molecular complexity index is 1470. The normalized spacial score (nSPS) is 16.5. The fourth-order valence-electron chi connectivity index (χ4n) is 4.12. The standard InChI is InChI=1S/C28H26Cl2N2O6S/c1-4-6-12-38-18-9-7-8-17(13-18)23(33)21-22(16-10-11-19(29)20(30)14-16)32(26(35)24(21)34)28-31-15(3)25(39-28)27(36)37-5-2/h7-11,13-14,22,33H,4-6,12H2,1-3H3/b23-21+. The van der Waals surface area contributed by atoms with Gasteiger partial charge >= 0.3 is 11.9 Å². The predicted octanol–water partition coefficient (Wildman–Crippen LogP) is 6.74. The number of carbonyl (C=O) groups is 3. The summed E-state index contributed by atoms with van der Waals surface area (Å²) in [6.07, 6.45) is 1.82. The van der Waals surface area contributed by atoms with Gasteiger partial charge in [0.1, 0.15) is 16.4 Å². The molecule has 204 valence electrons. The van der Waals surface area contributed by atoms with Gasteiger partial charge in [-0.25, -0.2) is 9.78 Å². The van der Waals surface area contributed by atoms with Gasteiger partial charge in [-0.3, -0.25) is 14.5 Å². The number of benzene rings is 2. The number of halogens is 2. The van der Waals surface area contributed by atoms with Gasteiger partial charge in [0.25, 0.3) is 5.78 Å². The SMILES string of the molecule is CCCCOc1cccc(/C(O)=C2\C(=O)C(=O)N(c3nc(C)c(C(=O)OCC)s3)C2c2ccc(Cl)c(Cl)c2)c1. The molecule has 0 radical (unpaired) electrons. The van der Waals surface area contributed by atoms with E-state index in [1.54, 1.807) is 50.2 Å². The Kier molecular flexibility index (Phi) is 8.94. The van der Waals surface area contributed by atoms with E-state index in [0.717, 1.165) is 29.1 Å². The van der Waals surface area contributed by atoms with Crippen molar-refractivity contribution in [1.29, 1.82) is 0 Å². The molecule has 1 N–H and O–H groups in total. The van der Waals surface area contributed by atoms with Gasteiger partial charge in [0.15, 0.2) is 5.13 Å². The van der Waals surface area contributed by atoms with Crippen LogP contribution >= 0.6 is 34.5 Å². The molecule has 1 aliphatic rings. The van der Waals surface area contributed by atoms with Crippen LogP contribution in [-0.2, 0) is 14.3 Å². The average molecular weight is 589 g/mol. The molecule has 1 atom stereocenters. The lowest BCUT2D eigenvalue weighted by molar-refractivity contribution is -0.132. The number of aromatic nitrogens is 1. The first-order valence-electron chi connectivity index (χ1n) is 12.3. The van der Waals surface area contributed by atoms with Crippen LogP contribution < -0.4 is 9.64 Å². The summed E-state index contributed by atoms with van der Waals surface area (Å²) in [7, 11) is 0. The number of aryl methyl sites for hydroxylation is 1.